The second-order valence-corrected chi connectivity index (χ2v) is 8.61. The molecule has 0 aliphatic carbocycles. The van der Waals surface area contributed by atoms with Crippen LogP contribution in [0.5, 0.6) is 0 Å². The van der Waals surface area contributed by atoms with Crippen LogP contribution in [0.4, 0.5) is 16.2 Å². The maximum absolute atomic E-state index is 13.0. The highest BCUT2D eigenvalue weighted by atomic mass is 79.9. The maximum Gasteiger partial charge on any atom is 0.411 e. The largest absolute Gasteiger partial charge is 0.444 e. The van der Waals surface area contributed by atoms with Gasteiger partial charge in [-0.3, -0.25) is 9.69 Å². The van der Waals surface area contributed by atoms with Crippen molar-refractivity contribution in [1.82, 2.24) is 4.90 Å². The first kappa shape index (κ1) is 20.5. The van der Waals surface area contributed by atoms with Crippen LogP contribution < -0.4 is 16.8 Å². The number of amides is 2. The van der Waals surface area contributed by atoms with E-state index in [4.69, 9.17) is 16.2 Å². The number of nitrogens with two attached hydrogens (primary N) is 2. The zero-order valence-electron chi connectivity index (χ0n) is 15.7. The number of nitrogens with zero attached hydrogens (tertiary/aromatic N) is 1. The Balaban J connectivity index is 2.25. The van der Waals surface area contributed by atoms with Gasteiger partial charge in [-0.2, -0.15) is 0 Å². The summed E-state index contributed by atoms with van der Waals surface area (Å²) in [6, 6.07) is 3.54. The highest BCUT2D eigenvalue weighted by Gasteiger charge is 2.47. The Kier molecular flexibility index (Phi) is 5.87. The molecule has 1 atom stereocenters. The lowest BCUT2D eigenvalue weighted by atomic mass is 9.97. The maximum atomic E-state index is 13.0. The van der Waals surface area contributed by atoms with Gasteiger partial charge in [0, 0.05) is 17.6 Å². The third-order valence-electron chi connectivity index (χ3n) is 4.44. The van der Waals surface area contributed by atoms with Crippen molar-refractivity contribution in [3.05, 3.63) is 22.2 Å². The summed E-state index contributed by atoms with van der Waals surface area (Å²) < 4.78 is 6.22. The van der Waals surface area contributed by atoms with Gasteiger partial charge in [0.1, 0.15) is 11.1 Å². The molecule has 2 amide bonds. The van der Waals surface area contributed by atoms with Gasteiger partial charge in [0.15, 0.2) is 0 Å². The summed E-state index contributed by atoms with van der Waals surface area (Å²) in [5.74, 6) is -0.298. The van der Waals surface area contributed by atoms with Crippen LogP contribution in [0, 0.1) is 0 Å². The van der Waals surface area contributed by atoms with Gasteiger partial charge in [0.05, 0.1) is 11.4 Å². The van der Waals surface area contributed by atoms with E-state index in [2.05, 4.69) is 21.2 Å². The molecule has 1 saturated heterocycles. The summed E-state index contributed by atoms with van der Waals surface area (Å²) >= 11 is 3.40. The summed E-state index contributed by atoms with van der Waals surface area (Å²) in [4.78, 5) is 27.0. The quantitative estimate of drug-likeness (QED) is 0.642. The van der Waals surface area contributed by atoms with Crippen LogP contribution in [0.15, 0.2) is 16.6 Å². The fourth-order valence-electron chi connectivity index (χ4n) is 3.01. The van der Waals surface area contributed by atoms with Gasteiger partial charge in [-0.15, -0.1) is 0 Å². The van der Waals surface area contributed by atoms with Crippen molar-refractivity contribution in [3.8, 4) is 0 Å². The fraction of sp³-hybridized carbons (Fsp3) is 0.556. The number of rotatable bonds is 3. The molecule has 7 nitrogen and oxygen atoms in total. The first-order valence-electron chi connectivity index (χ1n) is 8.58. The first-order chi connectivity index (χ1) is 12.0. The highest BCUT2D eigenvalue weighted by molar-refractivity contribution is 9.10. The van der Waals surface area contributed by atoms with Crippen molar-refractivity contribution in [2.45, 2.75) is 58.2 Å². The lowest BCUT2D eigenvalue weighted by molar-refractivity contribution is -0.125. The molecule has 8 heteroatoms. The predicted octanol–water partition coefficient (Wildman–Crippen LogP) is 3.22. The molecule has 144 valence electrons. The SMILES string of the molecule is CC(C)(C)OC(=O)N1CCC[C@@]1(C)C(=O)Nc1cc(Br)cc(CN)c1N. The van der Waals surface area contributed by atoms with Crippen molar-refractivity contribution in [3.63, 3.8) is 0 Å². The molecule has 1 fully saturated rings. The first-order valence-corrected chi connectivity index (χ1v) is 9.37. The van der Waals surface area contributed by atoms with E-state index in [0.717, 1.165) is 16.5 Å². The number of benzene rings is 1. The van der Waals surface area contributed by atoms with E-state index in [-0.39, 0.29) is 12.5 Å². The van der Waals surface area contributed by atoms with Crippen LogP contribution in [-0.2, 0) is 16.1 Å². The molecule has 0 spiro atoms. The molecule has 0 aromatic heterocycles. The highest BCUT2D eigenvalue weighted by Crippen LogP contribution is 2.34. The van der Waals surface area contributed by atoms with E-state index in [1.807, 2.05) is 6.07 Å². The Bertz CT molecular complexity index is 717. The minimum Gasteiger partial charge on any atom is -0.444 e. The van der Waals surface area contributed by atoms with E-state index in [9.17, 15) is 9.59 Å². The number of ether oxygens (including phenoxy) is 1. The fourth-order valence-corrected chi connectivity index (χ4v) is 3.52. The molecular formula is C18H27BrN4O3. The zero-order valence-corrected chi connectivity index (χ0v) is 17.3. The van der Waals surface area contributed by atoms with E-state index in [0.29, 0.717) is 24.3 Å². The molecule has 1 aliphatic heterocycles. The zero-order chi connectivity index (χ0) is 19.7. The number of carbonyl (C=O) groups excluding carboxylic acids is 2. The summed E-state index contributed by atoms with van der Waals surface area (Å²) in [6.07, 6.45) is 0.790. The second-order valence-electron chi connectivity index (χ2n) is 7.69. The van der Waals surface area contributed by atoms with Crippen molar-refractivity contribution in [1.29, 1.82) is 0 Å². The number of nitrogens with one attached hydrogen (secondary N) is 1. The smallest absolute Gasteiger partial charge is 0.411 e. The number of nitrogen functional groups attached to an aromatic ring is 1. The predicted molar refractivity (Wildman–Crippen MR) is 106 cm³/mol. The third-order valence-corrected chi connectivity index (χ3v) is 4.90. The van der Waals surface area contributed by atoms with Crippen molar-refractivity contribution in [2.75, 3.05) is 17.6 Å². The number of hydrogen-bond acceptors (Lipinski definition) is 5. The normalized spacial score (nSPS) is 20.2. The van der Waals surface area contributed by atoms with Gasteiger partial charge in [-0.1, -0.05) is 15.9 Å². The van der Waals surface area contributed by atoms with Gasteiger partial charge in [-0.05, 0) is 58.2 Å². The van der Waals surface area contributed by atoms with Gasteiger partial charge >= 0.3 is 6.09 Å². The number of halogens is 1. The molecule has 1 aromatic carbocycles. The molecule has 0 radical (unpaired) electrons. The van der Waals surface area contributed by atoms with Crippen LogP contribution in [0.2, 0.25) is 0 Å². The molecule has 1 heterocycles. The molecule has 1 aliphatic rings. The van der Waals surface area contributed by atoms with E-state index in [1.165, 1.54) is 4.90 Å². The van der Waals surface area contributed by atoms with Crippen LogP contribution in [-0.4, -0.2) is 34.6 Å². The average molecular weight is 427 g/mol. The second kappa shape index (κ2) is 7.44. The van der Waals surface area contributed by atoms with E-state index >= 15 is 0 Å². The Labute approximate surface area is 162 Å². The molecule has 5 N–H and O–H groups in total. The molecule has 0 saturated carbocycles. The molecule has 1 aromatic rings. The Hall–Kier alpha value is -1.80. The summed E-state index contributed by atoms with van der Waals surface area (Å²) in [7, 11) is 0. The number of likely N-dealkylation sites (tertiary alicyclic amines) is 1. The number of anilines is 2. The molecule has 0 unspecified atom stereocenters. The number of carbonyl (C=O) groups is 2. The van der Waals surface area contributed by atoms with Gasteiger partial charge in [0.2, 0.25) is 5.91 Å². The lowest BCUT2D eigenvalue weighted by Crippen LogP contribution is -2.54. The van der Waals surface area contributed by atoms with Gasteiger partial charge in [0.25, 0.3) is 0 Å². The Morgan fingerprint density at radius 3 is 2.62 bits per heavy atom. The van der Waals surface area contributed by atoms with Crippen LogP contribution in [0.25, 0.3) is 0 Å². The summed E-state index contributed by atoms with van der Waals surface area (Å²) in [5, 5.41) is 2.86. The minimum atomic E-state index is -1.00. The van der Waals surface area contributed by atoms with Crippen LogP contribution >= 0.6 is 15.9 Å². The van der Waals surface area contributed by atoms with E-state index in [1.54, 1.807) is 33.8 Å². The summed E-state index contributed by atoms with van der Waals surface area (Å²) in [5.41, 5.74) is 11.8. The van der Waals surface area contributed by atoms with Gasteiger partial charge < -0.3 is 21.5 Å². The molecule has 0 bridgehead atoms. The standard InChI is InChI=1S/C18H27BrN4O3/c1-17(2,3)26-16(25)23-7-5-6-18(23,4)15(24)22-13-9-12(19)8-11(10-20)14(13)21/h8-9H,5-7,10,20-21H2,1-4H3,(H,22,24)/t18-/m0/s1. The van der Waals surface area contributed by atoms with Gasteiger partial charge in [-0.25, -0.2) is 4.79 Å². The van der Waals surface area contributed by atoms with Crippen molar-refractivity contribution >= 4 is 39.3 Å². The summed E-state index contributed by atoms with van der Waals surface area (Å²) in [6.45, 7) is 7.88. The lowest BCUT2D eigenvalue weighted by Gasteiger charge is -2.35. The molecule has 2 rings (SSSR count). The van der Waals surface area contributed by atoms with E-state index < -0.39 is 17.2 Å². The average Bonchev–Trinajstić information content (AvgIpc) is 2.92. The van der Waals surface area contributed by atoms with Crippen LogP contribution in [0.1, 0.15) is 46.1 Å². The van der Waals surface area contributed by atoms with Crippen LogP contribution in [0.3, 0.4) is 0 Å². The monoisotopic (exact) mass is 426 g/mol. The van der Waals surface area contributed by atoms with Crippen molar-refractivity contribution < 1.29 is 14.3 Å². The topological polar surface area (TPSA) is 111 Å². The Morgan fingerprint density at radius 2 is 2.04 bits per heavy atom. The Morgan fingerprint density at radius 1 is 1.38 bits per heavy atom. The molecular weight excluding hydrogens is 400 g/mol. The third kappa shape index (κ3) is 4.29. The molecule has 26 heavy (non-hydrogen) atoms. The number of hydrogen-bond donors (Lipinski definition) is 3. The minimum absolute atomic E-state index is 0.259. The van der Waals surface area contributed by atoms with Crippen molar-refractivity contribution in [2.24, 2.45) is 5.73 Å².